The molecule has 76 valence electrons. The van der Waals surface area contributed by atoms with E-state index in [-0.39, 0.29) is 17.2 Å². The zero-order valence-electron chi connectivity index (χ0n) is 7.95. The molecule has 14 heavy (non-hydrogen) atoms. The van der Waals surface area contributed by atoms with E-state index in [0.29, 0.717) is 0 Å². The van der Waals surface area contributed by atoms with Gasteiger partial charge in [0.25, 0.3) is 0 Å². The standard InChI is InChI=1S/C10H11ClO3/c1-6(2)7-4-3-5-8(10(12)13)9(7)14-11/h3-6H,1-2H3,(H,12,13). The fraction of sp³-hybridized carbons (Fsp3) is 0.300. The molecule has 0 saturated carbocycles. The topological polar surface area (TPSA) is 46.5 Å². The van der Waals surface area contributed by atoms with Crippen LogP contribution in [0.15, 0.2) is 18.2 Å². The van der Waals surface area contributed by atoms with Crippen LogP contribution in [-0.2, 0) is 0 Å². The summed E-state index contributed by atoms with van der Waals surface area (Å²) >= 11 is 5.26. The second-order valence-electron chi connectivity index (χ2n) is 3.26. The summed E-state index contributed by atoms with van der Waals surface area (Å²) in [6, 6.07) is 4.94. The van der Waals surface area contributed by atoms with Gasteiger partial charge in [0.05, 0.1) is 0 Å². The van der Waals surface area contributed by atoms with Crippen LogP contribution in [0.1, 0.15) is 35.7 Å². The van der Waals surface area contributed by atoms with Crippen molar-refractivity contribution >= 4 is 17.8 Å². The third-order valence-corrected chi connectivity index (χ3v) is 2.13. The number of carbonyl (C=O) groups is 1. The highest BCUT2D eigenvalue weighted by Gasteiger charge is 2.16. The number of benzene rings is 1. The van der Waals surface area contributed by atoms with Crippen molar-refractivity contribution in [1.82, 2.24) is 0 Å². The van der Waals surface area contributed by atoms with E-state index in [0.717, 1.165) is 5.56 Å². The molecule has 1 rings (SSSR count). The molecule has 1 N–H and O–H groups in total. The number of carboxylic acids is 1. The fourth-order valence-electron chi connectivity index (χ4n) is 1.26. The smallest absolute Gasteiger partial charge is 0.339 e. The Kier molecular flexibility index (Phi) is 3.36. The molecule has 1 aromatic carbocycles. The van der Waals surface area contributed by atoms with Crippen molar-refractivity contribution < 1.29 is 14.2 Å². The van der Waals surface area contributed by atoms with Crippen LogP contribution >= 0.6 is 11.9 Å². The maximum absolute atomic E-state index is 10.8. The SMILES string of the molecule is CC(C)c1cccc(C(=O)O)c1OCl. The van der Waals surface area contributed by atoms with Crippen molar-refractivity contribution in [2.24, 2.45) is 0 Å². The molecule has 0 bridgehead atoms. The van der Waals surface area contributed by atoms with Crippen LogP contribution in [0.25, 0.3) is 0 Å². The number of halogens is 1. The lowest BCUT2D eigenvalue weighted by atomic mass is 9.99. The minimum absolute atomic E-state index is 0.0891. The van der Waals surface area contributed by atoms with E-state index in [9.17, 15) is 4.79 Å². The first-order valence-corrected chi connectivity index (χ1v) is 4.53. The Morgan fingerprint density at radius 3 is 2.57 bits per heavy atom. The molecule has 0 aliphatic carbocycles. The lowest BCUT2D eigenvalue weighted by molar-refractivity contribution is 0.0695. The molecule has 0 radical (unpaired) electrons. The Hall–Kier alpha value is -1.22. The van der Waals surface area contributed by atoms with Crippen molar-refractivity contribution in [2.45, 2.75) is 19.8 Å². The van der Waals surface area contributed by atoms with E-state index in [2.05, 4.69) is 4.29 Å². The molecule has 3 nitrogen and oxygen atoms in total. The molecule has 0 saturated heterocycles. The second kappa shape index (κ2) is 4.33. The number of hydrogen-bond donors (Lipinski definition) is 1. The predicted molar refractivity (Wildman–Crippen MR) is 54.0 cm³/mol. The van der Waals surface area contributed by atoms with Gasteiger partial charge < -0.3 is 9.40 Å². The van der Waals surface area contributed by atoms with Gasteiger partial charge in [-0.1, -0.05) is 26.0 Å². The highest BCUT2D eigenvalue weighted by atomic mass is 35.5. The van der Waals surface area contributed by atoms with Gasteiger partial charge in [-0.05, 0) is 17.5 Å². The molecule has 4 heteroatoms. The van der Waals surface area contributed by atoms with Crippen LogP contribution in [0.2, 0.25) is 0 Å². The van der Waals surface area contributed by atoms with Gasteiger partial charge in [-0.3, -0.25) is 0 Å². The van der Waals surface area contributed by atoms with Crippen molar-refractivity contribution in [3.05, 3.63) is 29.3 Å². The van der Waals surface area contributed by atoms with E-state index in [1.54, 1.807) is 12.1 Å². The van der Waals surface area contributed by atoms with Crippen LogP contribution in [0.3, 0.4) is 0 Å². The fourth-order valence-corrected chi connectivity index (χ4v) is 1.44. The molecule has 0 heterocycles. The number of para-hydroxylation sites is 1. The molecule has 1 aromatic rings. The third-order valence-electron chi connectivity index (χ3n) is 1.98. The molecule has 0 amide bonds. The number of hydrogen-bond acceptors (Lipinski definition) is 2. The Bertz CT molecular complexity index is 347. The third kappa shape index (κ3) is 1.99. The van der Waals surface area contributed by atoms with Crippen LogP contribution in [0, 0.1) is 0 Å². The van der Waals surface area contributed by atoms with Crippen LogP contribution in [0.5, 0.6) is 5.75 Å². The highest BCUT2D eigenvalue weighted by molar-refractivity contribution is 6.10. The zero-order valence-corrected chi connectivity index (χ0v) is 8.71. The average Bonchev–Trinajstić information content (AvgIpc) is 2.16. The summed E-state index contributed by atoms with van der Waals surface area (Å²) < 4.78 is 4.59. The quantitative estimate of drug-likeness (QED) is 0.841. The first-order chi connectivity index (χ1) is 6.57. The van der Waals surface area contributed by atoms with Gasteiger partial charge in [0.15, 0.2) is 5.75 Å². The van der Waals surface area contributed by atoms with E-state index in [1.165, 1.54) is 6.07 Å². The van der Waals surface area contributed by atoms with Crippen LogP contribution in [0.4, 0.5) is 0 Å². The Balaban J connectivity index is 3.32. The number of carboxylic acid groups (broad SMARTS) is 1. The normalized spacial score (nSPS) is 10.3. The predicted octanol–water partition coefficient (Wildman–Crippen LogP) is 3.04. The van der Waals surface area contributed by atoms with Crippen LogP contribution in [-0.4, -0.2) is 11.1 Å². The first-order valence-electron chi connectivity index (χ1n) is 4.22. The molecular weight excluding hydrogens is 204 g/mol. The van der Waals surface area contributed by atoms with Crippen molar-refractivity contribution in [2.75, 3.05) is 0 Å². The van der Waals surface area contributed by atoms with E-state index >= 15 is 0 Å². The summed E-state index contributed by atoms with van der Waals surface area (Å²) in [5, 5.41) is 8.86. The van der Waals surface area contributed by atoms with Crippen LogP contribution < -0.4 is 4.29 Å². The van der Waals surface area contributed by atoms with Gasteiger partial charge in [-0.2, -0.15) is 0 Å². The summed E-state index contributed by atoms with van der Waals surface area (Å²) in [7, 11) is 0. The first kappa shape index (κ1) is 10.9. The van der Waals surface area contributed by atoms with Gasteiger partial charge in [-0.15, -0.1) is 0 Å². The highest BCUT2D eigenvalue weighted by Crippen LogP contribution is 2.30. The molecule has 0 aromatic heterocycles. The Morgan fingerprint density at radius 2 is 2.14 bits per heavy atom. The summed E-state index contributed by atoms with van der Waals surface area (Å²) in [4.78, 5) is 10.8. The zero-order chi connectivity index (χ0) is 10.7. The monoisotopic (exact) mass is 214 g/mol. The van der Waals surface area contributed by atoms with Crippen molar-refractivity contribution in [1.29, 1.82) is 0 Å². The lowest BCUT2D eigenvalue weighted by Crippen LogP contribution is -2.02. The maximum atomic E-state index is 10.8. The van der Waals surface area contributed by atoms with Gasteiger partial charge in [-0.25, -0.2) is 4.79 Å². The number of rotatable bonds is 3. The number of aromatic carboxylic acids is 1. The Labute approximate surface area is 87.4 Å². The largest absolute Gasteiger partial charge is 0.478 e. The average molecular weight is 215 g/mol. The Morgan fingerprint density at radius 1 is 1.50 bits per heavy atom. The summed E-state index contributed by atoms with van der Waals surface area (Å²) in [5.41, 5.74) is 0.881. The summed E-state index contributed by atoms with van der Waals surface area (Å²) in [5.74, 6) is -0.636. The van der Waals surface area contributed by atoms with Gasteiger partial charge in [0, 0.05) is 0 Å². The summed E-state index contributed by atoms with van der Waals surface area (Å²) in [6.07, 6.45) is 0. The molecule has 0 aliphatic heterocycles. The van der Waals surface area contributed by atoms with E-state index in [4.69, 9.17) is 17.0 Å². The lowest BCUT2D eigenvalue weighted by Gasteiger charge is -2.11. The molecule has 0 atom stereocenters. The van der Waals surface area contributed by atoms with Gasteiger partial charge in [0.1, 0.15) is 17.4 Å². The van der Waals surface area contributed by atoms with Gasteiger partial charge >= 0.3 is 5.97 Å². The van der Waals surface area contributed by atoms with E-state index in [1.807, 2.05) is 13.8 Å². The molecule has 0 spiro atoms. The molecular formula is C10H11ClO3. The minimum Gasteiger partial charge on any atom is -0.478 e. The maximum Gasteiger partial charge on any atom is 0.339 e. The minimum atomic E-state index is -1.04. The molecule has 0 unspecified atom stereocenters. The van der Waals surface area contributed by atoms with Gasteiger partial charge in [0.2, 0.25) is 0 Å². The van der Waals surface area contributed by atoms with Crippen molar-refractivity contribution in [3.8, 4) is 5.75 Å². The molecule has 0 aliphatic rings. The van der Waals surface area contributed by atoms with Crippen molar-refractivity contribution in [3.63, 3.8) is 0 Å². The second-order valence-corrected chi connectivity index (χ2v) is 3.42. The molecule has 0 fully saturated rings. The van der Waals surface area contributed by atoms with E-state index < -0.39 is 5.97 Å². The summed E-state index contributed by atoms with van der Waals surface area (Å²) in [6.45, 7) is 3.89.